The molecule has 0 aliphatic carbocycles. The van der Waals surface area contributed by atoms with E-state index < -0.39 is 11.6 Å². The molecule has 0 amide bonds. The molecule has 5 aromatic rings. The molecule has 2 aromatic heterocycles. The highest BCUT2D eigenvalue weighted by molar-refractivity contribution is 7.21. The maximum atomic E-state index is 13.3. The zero-order valence-corrected chi connectivity index (χ0v) is 18.1. The van der Waals surface area contributed by atoms with Crippen LogP contribution in [-0.2, 0) is 0 Å². The van der Waals surface area contributed by atoms with E-state index in [-0.39, 0.29) is 11.1 Å². The minimum atomic E-state index is -1.07. The van der Waals surface area contributed by atoms with Crippen molar-refractivity contribution < 1.29 is 14.3 Å². The van der Waals surface area contributed by atoms with Gasteiger partial charge in [-0.2, -0.15) is 0 Å². The van der Waals surface area contributed by atoms with Gasteiger partial charge in [-0.25, -0.2) is 14.6 Å². The van der Waals surface area contributed by atoms with E-state index in [0.29, 0.717) is 27.1 Å². The Bertz CT molecular complexity index is 1530. The molecule has 0 unspecified atom stereocenters. The number of fused-ring (bicyclic) bond motifs is 2. The molecule has 158 valence electrons. The summed E-state index contributed by atoms with van der Waals surface area (Å²) in [4.78, 5) is 31.9. The summed E-state index contributed by atoms with van der Waals surface area (Å²) >= 11 is 1.38. The lowest BCUT2D eigenvalue weighted by atomic mass is 9.93. The molecule has 1 N–H and O–H groups in total. The van der Waals surface area contributed by atoms with Gasteiger partial charge in [-0.05, 0) is 35.9 Å². The average molecular weight is 442 g/mol. The molecule has 32 heavy (non-hydrogen) atoms. The maximum absolute atomic E-state index is 13.3. The Morgan fingerprint density at radius 2 is 1.75 bits per heavy atom. The molecular weight excluding hydrogens is 424 g/mol. The summed E-state index contributed by atoms with van der Waals surface area (Å²) in [6.45, 7) is 0. The third-order valence-electron chi connectivity index (χ3n) is 5.34. The van der Waals surface area contributed by atoms with Crippen molar-refractivity contribution in [3.05, 3.63) is 82.7 Å². The van der Waals surface area contributed by atoms with Crippen molar-refractivity contribution in [1.29, 1.82) is 0 Å². The van der Waals surface area contributed by atoms with Gasteiger partial charge in [0, 0.05) is 36.8 Å². The first-order valence-electron chi connectivity index (χ1n) is 9.91. The molecule has 0 radical (unpaired) electrons. The zero-order chi connectivity index (χ0) is 22.4. The topological polar surface area (TPSA) is 83.6 Å². The van der Waals surface area contributed by atoms with E-state index in [0.717, 1.165) is 15.9 Å². The van der Waals surface area contributed by atoms with Crippen LogP contribution < -0.4 is 10.5 Å². The Morgan fingerprint density at radius 3 is 2.50 bits per heavy atom. The quantitative estimate of drug-likeness (QED) is 0.370. The van der Waals surface area contributed by atoms with Crippen molar-refractivity contribution in [2.24, 2.45) is 0 Å². The van der Waals surface area contributed by atoms with Gasteiger partial charge in [-0.3, -0.25) is 0 Å². The molecule has 2 heterocycles. The Morgan fingerprint density at radius 1 is 1.00 bits per heavy atom. The number of anilines is 1. The third-order valence-corrected chi connectivity index (χ3v) is 6.40. The van der Waals surface area contributed by atoms with Crippen LogP contribution in [0.15, 0.2) is 75.9 Å². The fraction of sp³-hybridized carbons (Fsp3) is 0.0800. The SMILES string of the molecule is CN(C)c1ccc2c(-c3ccccc3C(=O)O)c(-c3nc4ccccc4s3)c(=O)oc2c1. The number of carbonyl (C=O) groups is 1. The van der Waals surface area contributed by atoms with Gasteiger partial charge in [0.2, 0.25) is 0 Å². The van der Waals surface area contributed by atoms with Crippen molar-refractivity contribution in [3.8, 4) is 21.7 Å². The highest BCUT2D eigenvalue weighted by Crippen LogP contribution is 2.40. The summed E-state index contributed by atoms with van der Waals surface area (Å²) in [6, 6.07) is 19.9. The molecule has 0 fully saturated rings. The first-order valence-corrected chi connectivity index (χ1v) is 10.7. The zero-order valence-electron chi connectivity index (χ0n) is 17.3. The molecule has 5 rings (SSSR count). The van der Waals surface area contributed by atoms with E-state index in [2.05, 4.69) is 4.98 Å². The smallest absolute Gasteiger partial charge is 0.347 e. The van der Waals surface area contributed by atoms with E-state index in [1.54, 1.807) is 24.3 Å². The van der Waals surface area contributed by atoms with Crippen molar-refractivity contribution >= 4 is 44.2 Å². The fourth-order valence-corrected chi connectivity index (χ4v) is 4.81. The van der Waals surface area contributed by atoms with Crippen molar-refractivity contribution in [2.45, 2.75) is 0 Å². The standard InChI is InChI=1S/C25H18N2O4S/c1-27(2)14-11-12-17-19(13-14)31-25(30)22(23-26-18-9-5-6-10-20(18)32-23)21(17)15-7-3-4-8-16(15)24(28)29/h3-13H,1-2H3,(H,28,29). The van der Waals surface area contributed by atoms with Gasteiger partial charge in [-0.1, -0.05) is 30.3 Å². The number of hydrogen-bond acceptors (Lipinski definition) is 6. The number of hydrogen-bond donors (Lipinski definition) is 1. The Labute approximate surface area is 187 Å². The van der Waals surface area contributed by atoms with Crippen LogP contribution >= 0.6 is 11.3 Å². The summed E-state index contributed by atoms with van der Waals surface area (Å²) in [5.74, 6) is -1.07. The summed E-state index contributed by atoms with van der Waals surface area (Å²) in [7, 11) is 3.80. The fourth-order valence-electron chi connectivity index (χ4n) is 3.81. The van der Waals surface area contributed by atoms with Gasteiger partial charge in [0.25, 0.3) is 0 Å². The van der Waals surface area contributed by atoms with Crippen LogP contribution in [0.3, 0.4) is 0 Å². The number of carboxylic acids is 1. The van der Waals surface area contributed by atoms with E-state index in [1.807, 2.05) is 55.4 Å². The normalized spacial score (nSPS) is 11.2. The van der Waals surface area contributed by atoms with Crippen LogP contribution in [0.2, 0.25) is 0 Å². The minimum Gasteiger partial charge on any atom is -0.478 e. The van der Waals surface area contributed by atoms with Crippen LogP contribution in [0.4, 0.5) is 5.69 Å². The van der Waals surface area contributed by atoms with E-state index in [4.69, 9.17) is 4.42 Å². The number of para-hydroxylation sites is 1. The van der Waals surface area contributed by atoms with Gasteiger partial charge in [0.1, 0.15) is 16.2 Å². The van der Waals surface area contributed by atoms with E-state index in [1.165, 1.54) is 17.4 Å². The predicted molar refractivity (Wildman–Crippen MR) is 128 cm³/mol. The second-order valence-corrected chi connectivity index (χ2v) is 8.58. The molecule has 0 saturated heterocycles. The molecule has 3 aromatic carbocycles. The Hall–Kier alpha value is -3.97. The van der Waals surface area contributed by atoms with Crippen LogP contribution in [0.25, 0.3) is 42.9 Å². The molecule has 0 aliphatic rings. The summed E-state index contributed by atoms with van der Waals surface area (Å²) in [5.41, 5.74) is 2.81. The number of thiazole rings is 1. The van der Waals surface area contributed by atoms with Crippen LogP contribution in [0.5, 0.6) is 0 Å². The second kappa shape index (κ2) is 7.62. The molecule has 0 aliphatic heterocycles. The molecule has 6 nitrogen and oxygen atoms in total. The number of aromatic carboxylic acids is 1. The lowest BCUT2D eigenvalue weighted by molar-refractivity contribution is 0.0697. The number of rotatable bonds is 4. The highest BCUT2D eigenvalue weighted by atomic mass is 32.1. The van der Waals surface area contributed by atoms with E-state index in [9.17, 15) is 14.7 Å². The molecule has 0 saturated carbocycles. The second-order valence-electron chi connectivity index (χ2n) is 7.55. The van der Waals surface area contributed by atoms with Crippen LogP contribution in [0.1, 0.15) is 10.4 Å². The first kappa shape index (κ1) is 20.0. The van der Waals surface area contributed by atoms with Crippen molar-refractivity contribution in [1.82, 2.24) is 4.98 Å². The monoisotopic (exact) mass is 442 g/mol. The Kier molecular flexibility index (Phi) is 4.75. The lowest BCUT2D eigenvalue weighted by Crippen LogP contribution is -2.10. The molecule has 0 spiro atoms. The van der Waals surface area contributed by atoms with Gasteiger partial charge in [0.05, 0.1) is 15.8 Å². The van der Waals surface area contributed by atoms with Crippen molar-refractivity contribution in [2.75, 3.05) is 19.0 Å². The molecule has 7 heteroatoms. The average Bonchev–Trinajstić information content (AvgIpc) is 3.21. The Balaban J connectivity index is 1.93. The summed E-state index contributed by atoms with van der Waals surface area (Å²) in [5, 5.41) is 11.0. The maximum Gasteiger partial charge on any atom is 0.347 e. The van der Waals surface area contributed by atoms with Gasteiger partial charge >= 0.3 is 11.6 Å². The molecular formula is C25H18N2O4S. The number of carboxylic acid groups (broad SMARTS) is 1. The largest absolute Gasteiger partial charge is 0.478 e. The van der Waals surface area contributed by atoms with Crippen LogP contribution in [-0.4, -0.2) is 30.2 Å². The summed E-state index contributed by atoms with van der Waals surface area (Å²) in [6.07, 6.45) is 0. The predicted octanol–water partition coefficient (Wildman–Crippen LogP) is 5.50. The van der Waals surface area contributed by atoms with Gasteiger partial charge in [-0.15, -0.1) is 11.3 Å². The van der Waals surface area contributed by atoms with E-state index >= 15 is 0 Å². The number of benzene rings is 3. The number of nitrogens with zero attached hydrogens (tertiary/aromatic N) is 2. The van der Waals surface area contributed by atoms with Gasteiger partial charge in [0.15, 0.2) is 0 Å². The summed E-state index contributed by atoms with van der Waals surface area (Å²) < 4.78 is 6.67. The third kappa shape index (κ3) is 3.23. The lowest BCUT2D eigenvalue weighted by Gasteiger charge is -2.16. The van der Waals surface area contributed by atoms with Crippen LogP contribution in [0, 0.1) is 0 Å². The van der Waals surface area contributed by atoms with Gasteiger partial charge < -0.3 is 14.4 Å². The number of aromatic nitrogens is 1. The molecule has 0 atom stereocenters. The molecule has 0 bridgehead atoms. The minimum absolute atomic E-state index is 0.110. The highest BCUT2D eigenvalue weighted by Gasteiger charge is 2.24. The van der Waals surface area contributed by atoms with Crippen molar-refractivity contribution in [3.63, 3.8) is 0 Å². The first-order chi connectivity index (χ1) is 15.4.